The van der Waals surface area contributed by atoms with Crippen molar-refractivity contribution in [1.82, 2.24) is 4.98 Å². The minimum Gasteiger partial charge on any atom is -0.294 e. The summed E-state index contributed by atoms with van der Waals surface area (Å²) in [7, 11) is 0. The van der Waals surface area contributed by atoms with Crippen LogP contribution in [0.3, 0.4) is 0 Å². The van der Waals surface area contributed by atoms with E-state index >= 15 is 0 Å². The number of pyridine rings is 1. The van der Waals surface area contributed by atoms with Gasteiger partial charge in [0.15, 0.2) is 5.78 Å². The van der Waals surface area contributed by atoms with Crippen molar-refractivity contribution in [2.75, 3.05) is 0 Å². The Balaban J connectivity index is 1.81. The monoisotopic (exact) mass is 201 g/mol. The summed E-state index contributed by atoms with van der Waals surface area (Å²) >= 11 is 0. The highest BCUT2D eigenvalue weighted by molar-refractivity contribution is 5.98. The maximum atomic E-state index is 12.2. The molecule has 0 radical (unpaired) electrons. The third-order valence-corrected chi connectivity index (χ3v) is 4.02. The molecule has 0 N–H and O–H groups in total. The number of fused-ring (bicyclic) bond motifs is 2. The molecular weight excluding hydrogens is 186 g/mol. The zero-order valence-electron chi connectivity index (χ0n) is 8.73. The topological polar surface area (TPSA) is 30.0 Å². The van der Waals surface area contributed by atoms with Crippen molar-refractivity contribution in [2.45, 2.75) is 25.7 Å². The van der Waals surface area contributed by atoms with Crippen molar-refractivity contribution in [3.63, 3.8) is 0 Å². The molecule has 0 amide bonds. The summed E-state index contributed by atoms with van der Waals surface area (Å²) in [5.74, 6) is 2.13. The van der Waals surface area contributed by atoms with Crippen LogP contribution >= 0.6 is 0 Å². The van der Waals surface area contributed by atoms with Gasteiger partial charge in [0, 0.05) is 23.9 Å². The fourth-order valence-electron chi connectivity index (χ4n) is 3.29. The number of carbonyl (C=O) groups is 1. The molecule has 2 heteroatoms. The van der Waals surface area contributed by atoms with Gasteiger partial charge in [-0.1, -0.05) is 6.42 Å². The molecule has 0 aliphatic heterocycles. The molecule has 15 heavy (non-hydrogen) atoms. The van der Waals surface area contributed by atoms with E-state index in [1.165, 1.54) is 19.3 Å². The Bertz CT molecular complexity index is 373. The summed E-state index contributed by atoms with van der Waals surface area (Å²) in [6, 6.07) is 3.74. The van der Waals surface area contributed by atoms with Crippen LogP contribution in [0.2, 0.25) is 0 Å². The largest absolute Gasteiger partial charge is 0.294 e. The molecule has 2 saturated carbocycles. The molecule has 3 unspecified atom stereocenters. The van der Waals surface area contributed by atoms with Crippen molar-refractivity contribution in [3.05, 3.63) is 30.1 Å². The average molecular weight is 201 g/mol. The van der Waals surface area contributed by atoms with Gasteiger partial charge in [0.25, 0.3) is 0 Å². The Hall–Kier alpha value is -1.18. The van der Waals surface area contributed by atoms with Crippen LogP contribution in [0.1, 0.15) is 36.0 Å². The van der Waals surface area contributed by atoms with Gasteiger partial charge in [-0.3, -0.25) is 9.78 Å². The third kappa shape index (κ3) is 1.48. The minimum absolute atomic E-state index is 0.299. The first-order valence-electron chi connectivity index (χ1n) is 5.79. The van der Waals surface area contributed by atoms with Crippen molar-refractivity contribution >= 4 is 5.78 Å². The summed E-state index contributed by atoms with van der Waals surface area (Å²) in [4.78, 5) is 16.2. The lowest BCUT2D eigenvalue weighted by Gasteiger charge is -2.19. The first kappa shape index (κ1) is 9.08. The fraction of sp³-hybridized carbons (Fsp3) is 0.538. The molecule has 0 spiro atoms. The van der Waals surface area contributed by atoms with Gasteiger partial charge in [0.05, 0.1) is 0 Å². The Kier molecular flexibility index (Phi) is 2.08. The number of nitrogens with zero attached hydrogens (tertiary/aromatic N) is 1. The first-order chi connectivity index (χ1) is 7.34. The quantitative estimate of drug-likeness (QED) is 0.688. The molecule has 1 heterocycles. The summed E-state index contributed by atoms with van der Waals surface area (Å²) in [5.41, 5.74) is 0.801. The van der Waals surface area contributed by atoms with Crippen molar-refractivity contribution in [2.24, 2.45) is 17.8 Å². The SMILES string of the molecule is O=C(c1cccnc1)C1CC2CCC1C2. The second kappa shape index (κ2) is 3.44. The molecule has 2 bridgehead atoms. The predicted molar refractivity (Wildman–Crippen MR) is 57.5 cm³/mol. The van der Waals surface area contributed by atoms with Crippen LogP contribution in [0.25, 0.3) is 0 Å². The van der Waals surface area contributed by atoms with Crippen LogP contribution in [-0.2, 0) is 0 Å². The Morgan fingerprint density at radius 1 is 1.33 bits per heavy atom. The number of hydrogen-bond donors (Lipinski definition) is 0. The van der Waals surface area contributed by atoms with E-state index in [0.717, 1.165) is 17.9 Å². The number of aromatic nitrogens is 1. The van der Waals surface area contributed by atoms with Crippen LogP contribution in [0.5, 0.6) is 0 Å². The highest BCUT2D eigenvalue weighted by Crippen LogP contribution is 2.49. The molecule has 0 saturated heterocycles. The van der Waals surface area contributed by atoms with Crippen LogP contribution in [-0.4, -0.2) is 10.8 Å². The lowest BCUT2D eigenvalue weighted by molar-refractivity contribution is 0.0874. The molecule has 2 aliphatic carbocycles. The van der Waals surface area contributed by atoms with Crippen LogP contribution in [0.4, 0.5) is 0 Å². The normalized spacial score (nSPS) is 33.2. The number of rotatable bonds is 2. The van der Waals surface area contributed by atoms with Crippen molar-refractivity contribution in [3.8, 4) is 0 Å². The fourth-order valence-corrected chi connectivity index (χ4v) is 3.29. The van der Waals surface area contributed by atoms with E-state index in [1.807, 2.05) is 12.1 Å². The lowest BCUT2D eigenvalue weighted by atomic mass is 9.83. The number of Topliss-reactive ketones (excluding diaryl/α,β-unsaturated/α-hetero) is 1. The molecular formula is C13H15NO. The van der Waals surface area contributed by atoms with Gasteiger partial charge in [0.2, 0.25) is 0 Å². The van der Waals surface area contributed by atoms with Crippen LogP contribution < -0.4 is 0 Å². The van der Waals surface area contributed by atoms with Gasteiger partial charge < -0.3 is 0 Å². The Morgan fingerprint density at radius 3 is 2.87 bits per heavy atom. The molecule has 3 atom stereocenters. The number of hydrogen-bond acceptors (Lipinski definition) is 2. The van der Waals surface area contributed by atoms with E-state index in [0.29, 0.717) is 17.6 Å². The van der Waals surface area contributed by atoms with Gasteiger partial charge in [-0.05, 0) is 43.2 Å². The second-order valence-electron chi connectivity index (χ2n) is 4.89. The van der Waals surface area contributed by atoms with E-state index in [1.54, 1.807) is 12.4 Å². The minimum atomic E-state index is 0.299. The lowest BCUT2D eigenvalue weighted by Crippen LogP contribution is -2.21. The van der Waals surface area contributed by atoms with Crippen LogP contribution in [0.15, 0.2) is 24.5 Å². The molecule has 1 aromatic rings. The van der Waals surface area contributed by atoms with Crippen LogP contribution in [0, 0.1) is 17.8 Å². The molecule has 2 nitrogen and oxygen atoms in total. The second-order valence-corrected chi connectivity index (χ2v) is 4.89. The van der Waals surface area contributed by atoms with E-state index in [2.05, 4.69) is 4.98 Å². The highest BCUT2D eigenvalue weighted by Gasteiger charge is 2.43. The molecule has 2 aliphatic rings. The Labute approximate surface area is 89.7 Å². The predicted octanol–water partition coefficient (Wildman–Crippen LogP) is 2.70. The van der Waals surface area contributed by atoms with Gasteiger partial charge in [-0.25, -0.2) is 0 Å². The molecule has 0 aromatic carbocycles. The Morgan fingerprint density at radius 2 is 2.27 bits per heavy atom. The molecule has 1 aromatic heterocycles. The molecule has 3 rings (SSSR count). The molecule has 2 fully saturated rings. The van der Waals surface area contributed by atoms with E-state index in [9.17, 15) is 4.79 Å². The standard InChI is InChI=1S/C13H15NO/c15-13(11-2-1-5-14-8-11)12-7-9-3-4-10(12)6-9/h1-2,5,8-10,12H,3-4,6-7H2. The summed E-state index contributed by atoms with van der Waals surface area (Å²) in [6.07, 6.45) is 8.45. The van der Waals surface area contributed by atoms with E-state index in [-0.39, 0.29) is 0 Å². The van der Waals surface area contributed by atoms with E-state index < -0.39 is 0 Å². The average Bonchev–Trinajstić information content (AvgIpc) is 2.91. The first-order valence-corrected chi connectivity index (χ1v) is 5.79. The molecule has 78 valence electrons. The third-order valence-electron chi connectivity index (χ3n) is 4.02. The van der Waals surface area contributed by atoms with Gasteiger partial charge in [0.1, 0.15) is 0 Å². The van der Waals surface area contributed by atoms with Gasteiger partial charge >= 0.3 is 0 Å². The van der Waals surface area contributed by atoms with Gasteiger partial charge in [-0.15, -0.1) is 0 Å². The maximum absolute atomic E-state index is 12.2. The summed E-state index contributed by atoms with van der Waals surface area (Å²) in [6.45, 7) is 0. The zero-order valence-corrected chi connectivity index (χ0v) is 8.73. The summed E-state index contributed by atoms with van der Waals surface area (Å²) < 4.78 is 0. The smallest absolute Gasteiger partial charge is 0.167 e. The zero-order chi connectivity index (χ0) is 10.3. The van der Waals surface area contributed by atoms with Crippen molar-refractivity contribution < 1.29 is 4.79 Å². The van der Waals surface area contributed by atoms with Crippen molar-refractivity contribution in [1.29, 1.82) is 0 Å². The number of ketones is 1. The number of carbonyl (C=O) groups excluding carboxylic acids is 1. The summed E-state index contributed by atoms with van der Waals surface area (Å²) in [5, 5.41) is 0. The maximum Gasteiger partial charge on any atom is 0.167 e. The highest BCUT2D eigenvalue weighted by atomic mass is 16.1. The van der Waals surface area contributed by atoms with E-state index in [4.69, 9.17) is 0 Å². The van der Waals surface area contributed by atoms with Gasteiger partial charge in [-0.2, -0.15) is 0 Å².